The molecule has 1 heterocycles. The first kappa shape index (κ1) is 17.2. The smallest absolute Gasteiger partial charge is 0.241 e. The molecule has 0 aromatic heterocycles. The van der Waals surface area contributed by atoms with Crippen LogP contribution in [0.5, 0.6) is 0 Å². The molecular weight excluding hydrogens is 370 g/mol. The van der Waals surface area contributed by atoms with Gasteiger partial charge in [0.25, 0.3) is 0 Å². The second kappa shape index (κ2) is 6.05. The minimum Gasteiger partial charge on any atom is -0.274 e. The van der Waals surface area contributed by atoms with Gasteiger partial charge in [-0.1, -0.05) is 72.3 Å². The Labute approximate surface area is 168 Å². The van der Waals surface area contributed by atoms with Crippen LogP contribution in [0, 0.1) is 5.41 Å². The summed E-state index contributed by atoms with van der Waals surface area (Å²) in [7, 11) is 0. The van der Waals surface area contributed by atoms with E-state index in [0.717, 1.165) is 11.1 Å². The summed E-state index contributed by atoms with van der Waals surface area (Å²) in [6.07, 6.45) is 0.862. The zero-order valence-corrected chi connectivity index (χ0v) is 15.9. The van der Waals surface area contributed by atoms with E-state index in [4.69, 9.17) is 11.6 Å². The molecule has 2 aliphatic rings. The molecule has 1 aliphatic carbocycles. The van der Waals surface area contributed by atoms with Gasteiger partial charge in [-0.2, -0.15) is 0 Å². The van der Waals surface area contributed by atoms with E-state index in [1.54, 1.807) is 24.3 Å². The molecule has 4 heteroatoms. The summed E-state index contributed by atoms with van der Waals surface area (Å²) in [5.74, 6) is -0.270. The van der Waals surface area contributed by atoms with Gasteiger partial charge in [0.15, 0.2) is 0 Å². The first-order valence-electron chi connectivity index (χ1n) is 9.32. The number of benzene rings is 3. The van der Waals surface area contributed by atoms with Gasteiger partial charge in [-0.25, -0.2) is 0 Å². The average molecular weight is 388 g/mol. The van der Waals surface area contributed by atoms with Crippen molar-refractivity contribution in [2.45, 2.75) is 18.3 Å². The molecule has 2 amide bonds. The number of amides is 2. The maximum Gasteiger partial charge on any atom is 0.241 e. The number of nitrogens with zero attached hydrogens (tertiary/aromatic N) is 1. The van der Waals surface area contributed by atoms with E-state index < -0.39 is 10.8 Å². The average Bonchev–Trinajstić information content (AvgIpc) is 3.34. The fourth-order valence-corrected chi connectivity index (χ4v) is 4.97. The van der Waals surface area contributed by atoms with Crippen LogP contribution in [0.3, 0.4) is 0 Å². The highest BCUT2D eigenvalue weighted by Crippen LogP contribution is 2.72. The number of hydrogen-bond acceptors (Lipinski definition) is 2. The van der Waals surface area contributed by atoms with Crippen molar-refractivity contribution in [3.63, 3.8) is 0 Å². The van der Waals surface area contributed by atoms with E-state index in [0.29, 0.717) is 17.1 Å². The van der Waals surface area contributed by atoms with Crippen molar-refractivity contribution < 1.29 is 9.59 Å². The van der Waals surface area contributed by atoms with E-state index in [2.05, 4.69) is 24.3 Å². The van der Waals surface area contributed by atoms with E-state index >= 15 is 0 Å². The van der Waals surface area contributed by atoms with Crippen LogP contribution in [0.25, 0.3) is 0 Å². The van der Waals surface area contributed by atoms with Crippen molar-refractivity contribution in [1.82, 2.24) is 0 Å². The van der Waals surface area contributed by atoms with Crippen molar-refractivity contribution in [1.29, 1.82) is 0 Å². The number of halogens is 1. The lowest BCUT2D eigenvalue weighted by Gasteiger charge is -2.23. The second-order valence-corrected chi connectivity index (χ2v) is 8.02. The fraction of sp³-hybridized carbons (Fsp3) is 0.167. The largest absolute Gasteiger partial charge is 0.274 e. The molecule has 28 heavy (non-hydrogen) atoms. The minimum atomic E-state index is -0.730. The number of imide groups is 1. The Balaban J connectivity index is 1.63. The molecule has 2 fully saturated rings. The SMILES string of the molecule is O=C1C[C@@]2(CC2(c2ccccc2)c2ccccc2)C(=O)N1c1ccc(Cl)cc1. The molecule has 0 unspecified atom stereocenters. The van der Waals surface area contributed by atoms with Crippen molar-refractivity contribution in [2.75, 3.05) is 4.90 Å². The molecule has 1 atom stereocenters. The predicted molar refractivity (Wildman–Crippen MR) is 109 cm³/mol. The Morgan fingerprint density at radius 2 is 1.29 bits per heavy atom. The number of anilines is 1. The molecule has 1 saturated carbocycles. The number of hydrogen-bond donors (Lipinski definition) is 0. The van der Waals surface area contributed by atoms with Crippen molar-refractivity contribution in [2.24, 2.45) is 5.41 Å². The van der Waals surface area contributed by atoms with Crippen LogP contribution < -0.4 is 4.90 Å². The Bertz CT molecular complexity index is 1020. The minimum absolute atomic E-state index is 0.118. The van der Waals surface area contributed by atoms with Gasteiger partial charge in [-0.05, 0) is 41.8 Å². The molecular formula is C24H18ClNO2. The molecule has 3 nitrogen and oxygen atoms in total. The van der Waals surface area contributed by atoms with Crippen LogP contribution in [0.15, 0.2) is 84.9 Å². The lowest BCUT2D eigenvalue weighted by atomic mass is 9.79. The first-order valence-corrected chi connectivity index (χ1v) is 9.70. The maximum absolute atomic E-state index is 13.6. The third kappa shape index (κ3) is 2.23. The standard InChI is InChI=1S/C24H18ClNO2/c25-19-11-13-20(14-12-19)26-21(27)15-23(22(26)28)16-24(23,17-7-3-1-4-8-17)18-9-5-2-6-10-18/h1-14H,15-16H2/t23-/m1/s1. The summed E-state index contributed by atoms with van der Waals surface area (Å²) >= 11 is 5.98. The third-order valence-corrected chi connectivity index (χ3v) is 6.44. The lowest BCUT2D eigenvalue weighted by molar-refractivity contribution is -0.123. The van der Waals surface area contributed by atoms with Crippen LogP contribution in [-0.4, -0.2) is 11.8 Å². The van der Waals surface area contributed by atoms with Gasteiger partial charge in [0, 0.05) is 16.9 Å². The molecule has 1 saturated heterocycles. The lowest BCUT2D eigenvalue weighted by Crippen LogP contribution is -2.33. The van der Waals surface area contributed by atoms with E-state index in [1.165, 1.54) is 4.90 Å². The van der Waals surface area contributed by atoms with Crippen molar-refractivity contribution >= 4 is 29.1 Å². The molecule has 0 radical (unpaired) electrons. The van der Waals surface area contributed by atoms with Gasteiger partial charge >= 0.3 is 0 Å². The Morgan fingerprint density at radius 3 is 1.82 bits per heavy atom. The highest BCUT2D eigenvalue weighted by atomic mass is 35.5. The van der Waals surface area contributed by atoms with Crippen molar-refractivity contribution in [3.8, 4) is 0 Å². The molecule has 1 aliphatic heterocycles. The molecule has 1 spiro atoms. The summed E-state index contributed by atoms with van der Waals surface area (Å²) in [5.41, 5.74) is 1.55. The van der Waals surface area contributed by atoms with E-state index in [-0.39, 0.29) is 18.2 Å². The monoisotopic (exact) mass is 387 g/mol. The zero-order valence-electron chi connectivity index (χ0n) is 15.1. The predicted octanol–water partition coefficient (Wildman–Crippen LogP) is 4.98. The van der Waals surface area contributed by atoms with Crippen LogP contribution in [0.4, 0.5) is 5.69 Å². The third-order valence-electron chi connectivity index (χ3n) is 6.19. The molecule has 138 valence electrons. The van der Waals surface area contributed by atoms with Crippen LogP contribution in [-0.2, 0) is 15.0 Å². The van der Waals surface area contributed by atoms with Crippen LogP contribution in [0.2, 0.25) is 5.02 Å². The molecule has 5 rings (SSSR count). The van der Waals surface area contributed by atoms with Gasteiger partial charge in [-0.3, -0.25) is 14.5 Å². The number of rotatable bonds is 3. The van der Waals surface area contributed by atoms with Gasteiger partial charge in [-0.15, -0.1) is 0 Å². The van der Waals surface area contributed by atoms with Gasteiger partial charge in [0.05, 0.1) is 11.1 Å². The van der Waals surface area contributed by atoms with Gasteiger partial charge < -0.3 is 0 Å². The number of carbonyl (C=O) groups excluding carboxylic acids is 2. The molecule has 3 aromatic rings. The summed E-state index contributed by atoms with van der Waals surface area (Å²) in [6.45, 7) is 0. The highest BCUT2D eigenvalue weighted by molar-refractivity contribution is 6.31. The molecule has 3 aromatic carbocycles. The second-order valence-electron chi connectivity index (χ2n) is 7.58. The Hall–Kier alpha value is -2.91. The molecule has 0 N–H and O–H groups in total. The van der Waals surface area contributed by atoms with Crippen LogP contribution >= 0.6 is 11.6 Å². The van der Waals surface area contributed by atoms with Gasteiger partial charge in [0.1, 0.15) is 0 Å². The van der Waals surface area contributed by atoms with Crippen molar-refractivity contribution in [3.05, 3.63) is 101 Å². The summed E-state index contributed by atoms with van der Waals surface area (Å²) < 4.78 is 0. The summed E-state index contributed by atoms with van der Waals surface area (Å²) in [5, 5.41) is 0.576. The first-order chi connectivity index (χ1) is 13.6. The fourth-order valence-electron chi connectivity index (χ4n) is 4.84. The van der Waals surface area contributed by atoms with Crippen LogP contribution in [0.1, 0.15) is 24.0 Å². The Morgan fingerprint density at radius 1 is 0.750 bits per heavy atom. The summed E-state index contributed by atoms with van der Waals surface area (Å²) in [4.78, 5) is 27.9. The van der Waals surface area contributed by atoms with Gasteiger partial charge in [0.2, 0.25) is 11.8 Å². The molecule has 0 bridgehead atoms. The summed E-state index contributed by atoms with van der Waals surface area (Å²) in [6, 6.07) is 27.0. The topological polar surface area (TPSA) is 37.4 Å². The Kier molecular flexibility index (Phi) is 3.72. The van der Waals surface area contributed by atoms with E-state index in [9.17, 15) is 9.59 Å². The number of carbonyl (C=O) groups is 2. The maximum atomic E-state index is 13.6. The highest BCUT2D eigenvalue weighted by Gasteiger charge is 2.77. The zero-order chi connectivity index (χ0) is 19.4. The quantitative estimate of drug-likeness (QED) is 0.594. The normalized spacial score (nSPS) is 22.7. The van der Waals surface area contributed by atoms with E-state index in [1.807, 2.05) is 36.4 Å².